The number of nitrogens with two attached hydrogens (primary N) is 1. The molecule has 4 nitrogen and oxygen atoms in total. The largest absolute Gasteiger partial charge is 0.488 e. The van der Waals surface area contributed by atoms with E-state index in [2.05, 4.69) is 16.8 Å². The summed E-state index contributed by atoms with van der Waals surface area (Å²) in [5.74, 6) is 0.390. The second-order valence-corrected chi connectivity index (χ2v) is 4.88. The summed E-state index contributed by atoms with van der Waals surface area (Å²) in [5, 5.41) is 0. The fraction of sp³-hybridized carbons (Fsp3) is 0.400. The van der Waals surface area contributed by atoms with Crippen molar-refractivity contribution in [2.45, 2.75) is 26.1 Å². The predicted octanol–water partition coefficient (Wildman–Crippen LogP) is 1.79. The van der Waals surface area contributed by atoms with Crippen LogP contribution in [-0.2, 0) is 22.8 Å². The van der Waals surface area contributed by atoms with E-state index in [1.54, 1.807) is 13.8 Å². The summed E-state index contributed by atoms with van der Waals surface area (Å²) in [5.41, 5.74) is 8.08. The predicted molar refractivity (Wildman–Crippen MR) is 67.2 cm³/mol. The Morgan fingerprint density at radius 2 is 1.88 bits per heavy atom. The van der Waals surface area contributed by atoms with Crippen molar-refractivity contribution in [2.24, 2.45) is 5.73 Å². The van der Waals surface area contributed by atoms with Crippen LogP contribution in [0.1, 0.15) is 22.3 Å². The molecule has 7 heteroatoms. The van der Waals surface area contributed by atoms with E-state index in [9.17, 15) is 12.3 Å². The highest BCUT2D eigenvalue weighted by atomic mass is 32.3. The average Bonchev–Trinajstić information content (AvgIpc) is 2.23. The van der Waals surface area contributed by atoms with E-state index in [1.807, 2.05) is 6.07 Å². The molecule has 0 heterocycles. The molecule has 0 unspecified atom stereocenters. The first-order valence-corrected chi connectivity index (χ1v) is 6.81. The molecular weight excluding hydrogens is 265 g/mol. The molecule has 0 saturated heterocycles. The van der Waals surface area contributed by atoms with Gasteiger partial charge in [-0.1, -0.05) is 9.95 Å². The van der Waals surface area contributed by atoms with Crippen LogP contribution in [0.3, 0.4) is 0 Å². The van der Waals surface area contributed by atoms with Gasteiger partial charge in [0.1, 0.15) is 0 Å². The van der Waals surface area contributed by atoms with Gasteiger partial charge in [-0.05, 0) is 36.1 Å². The summed E-state index contributed by atoms with van der Waals surface area (Å²) in [4.78, 5) is 0. The highest BCUT2D eigenvalue weighted by Crippen LogP contribution is 2.31. The van der Waals surface area contributed by atoms with E-state index in [-0.39, 0.29) is 12.3 Å². The molecular formula is C10H14FNO3S2. The van der Waals surface area contributed by atoms with Gasteiger partial charge in [-0.3, -0.25) is 0 Å². The Morgan fingerprint density at radius 3 is 2.29 bits per heavy atom. The number of rotatable bonds is 4. The van der Waals surface area contributed by atoms with Crippen molar-refractivity contribution < 1.29 is 16.5 Å². The van der Waals surface area contributed by atoms with Crippen molar-refractivity contribution in [1.82, 2.24) is 0 Å². The van der Waals surface area contributed by atoms with E-state index in [0.717, 1.165) is 5.56 Å². The van der Waals surface area contributed by atoms with Crippen LogP contribution in [0.15, 0.2) is 6.07 Å². The zero-order chi connectivity index (χ0) is 13.2. The van der Waals surface area contributed by atoms with Gasteiger partial charge in [0.05, 0.1) is 0 Å². The van der Waals surface area contributed by atoms with E-state index >= 15 is 0 Å². The van der Waals surface area contributed by atoms with Crippen molar-refractivity contribution in [3.8, 4) is 5.75 Å². The van der Waals surface area contributed by atoms with Crippen molar-refractivity contribution >= 4 is 23.1 Å². The van der Waals surface area contributed by atoms with Crippen LogP contribution in [0.4, 0.5) is 3.89 Å². The molecule has 2 N–H and O–H groups in total. The summed E-state index contributed by atoms with van der Waals surface area (Å²) in [6.07, 6.45) is 0. The van der Waals surface area contributed by atoms with Gasteiger partial charge in [-0.2, -0.15) is 21.0 Å². The number of hydrogen-bond donors (Lipinski definition) is 2. The molecule has 0 amide bonds. The monoisotopic (exact) mass is 279 g/mol. The number of halogens is 1. The van der Waals surface area contributed by atoms with Gasteiger partial charge < -0.3 is 9.92 Å². The fourth-order valence-electron chi connectivity index (χ4n) is 1.60. The molecule has 0 atom stereocenters. The van der Waals surface area contributed by atoms with Gasteiger partial charge in [-0.25, -0.2) is 0 Å². The van der Waals surface area contributed by atoms with Gasteiger partial charge in [0.15, 0.2) is 5.75 Å². The third-order valence-corrected chi connectivity index (χ3v) is 3.27. The van der Waals surface area contributed by atoms with Crippen molar-refractivity contribution in [1.29, 1.82) is 0 Å². The zero-order valence-corrected chi connectivity index (χ0v) is 11.2. The maximum Gasteiger partial charge on any atom is 0.488 e. The number of thiol groups is 1. The smallest absolute Gasteiger partial charge is 0.358 e. The van der Waals surface area contributed by atoms with Crippen LogP contribution >= 0.6 is 12.6 Å². The lowest BCUT2D eigenvalue weighted by atomic mass is 9.99. The molecule has 0 fully saturated rings. The Kier molecular flexibility index (Phi) is 4.40. The van der Waals surface area contributed by atoms with Crippen molar-refractivity contribution in [3.63, 3.8) is 0 Å². The first-order valence-electron chi connectivity index (χ1n) is 4.87. The lowest BCUT2D eigenvalue weighted by molar-refractivity contribution is 0.436. The summed E-state index contributed by atoms with van der Waals surface area (Å²) in [7, 11) is -5.04. The molecule has 17 heavy (non-hydrogen) atoms. The Bertz CT molecular complexity index is 501. The summed E-state index contributed by atoms with van der Waals surface area (Å²) >= 11 is 4.12. The summed E-state index contributed by atoms with van der Waals surface area (Å²) in [6.45, 7) is 3.51. The van der Waals surface area contributed by atoms with Gasteiger partial charge in [-0.15, -0.1) is 0 Å². The van der Waals surface area contributed by atoms with E-state index in [0.29, 0.717) is 22.4 Å². The molecule has 1 aromatic rings. The molecule has 0 saturated carbocycles. The average molecular weight is 279 g/mol. The minimum absolute atomic E-state index is 0.000463. The number of hydrogen-bond acceptors (Lipinski definition) is 5. The Labute approximate surface area is 106 Å². The SMILES string of the molecule is Cc1c(CN)cc(CS)c(C)c1OS(=O)(=O)F. The van der Waals surface area contributed by atoms with E-state index in [1.165, 1.54) is 0 Å². The zero-order valence-electron chi connectivity index (χ0n) is 9.53. The van der Waals surface area contributed by atoms with Crippen LogP contribution < -0.4 is 9.92 Å². The second kappa shape index (κ2) is 5.24. The summed E-state index contributed by atoms with van der Waals surface area (Å²) < 4.78 is 38.1. The third-order valence-electron chi connectivity index (χ3n) is 2.57. The minimum atomic E-state index is -5.04. The molecule has 0 aliphatic heterocycles. The normalized spacial score (nSPS) is 11.6. The van der Waals surface area contributed by atoms with Crippen molar-refractivity contribution in [3.05, 3.63) is 28.3 Å². The Hall–Kier alpha value is -0.790. The van der Waals surface area contributed by atoms with Crippen LogP contribution in [0.5, 0.6) is 5.75 Å². The quantitative estimate of drug-likeness (QED) is 0.651. The molecule has 96 valence electrons. The molecule has 0 aliphatic carbocycles. The Morgan fingerprint density at radius 1 is 1.35 bits per heavy atom. The van der Waals surface area contributed by atoms with Crippen LogP contribution in [0.25, 0.3) is 0 Å². The molecule has 1 rings (SSSR count). The van der Waals surface area contributed by atoms with Gasteiger partial charge in [0.2, 0.25) is 0 Å². The lowest BCUT2D eigenvalue weighted by Crippen LogP contribution is -2.09. The van der Waals surface area contributed by atoms with Crippen LogP contribution in [0, 0.1) is 13.8 Å². The van der Waals surface area contributed by atoms with Gasteiger partial charge >= 0.3 is 10.5 Å². The van der Waals surface area contributed by atoms with E-state index < -0.39 is 10.5 Å². The molecule has 0 aliphatic rings. The molecule has 0 spiro atoms. The molecule has 0 bridgehead atoms. The van der Waals surface area contributed by atoms with Gasteiger partial charge in [0, 0.05) is 12.3 Å². The molecule has 0 radical (unpaired) electrons. The molecule has 0 aromatic heterocycles. The first kappa shape index (κ1) is 14.3. The van der Waals surface area contributed by atoms with E-state index in [4.69, 9.17) is 5.73 Å². The third kappa shape index (κ3) is 3.34. The maximum absolute atomic E-state index is 12.6. The maximum atomic E-state index is 12.6. The second-order valence-electron chi connectivity index (χ2n) is 3.61. The lowest BCUT2D eigenvalue weighted by Gasteiger charge is -2.15. The highest BCUT2D eigenvalue weighted by molar-refractivity contribution is 7.81. The Balaban J connectivity index is 3.45. The van der Waals surface area contributed by atoms with Crippen LogP contribution in [0.2, 0.25) is 0 Å². The van der Waals surface area contributed by atoms with Crippen molar-refractivity contribution in [2.75, 3.05) is 0 Å². The highest BCUT2D eigenvalue weighted by Gasteiger charge is 2.18. The number of benzene rings is 1. The standard InChI is InChI=1S/C10H14FNO3S2/c1-6-8(4-12)3-9(5-16)7(2)10(6)15-17(11,13)14/h3,16H,4-5,12H2,1-2H3. The topological polar surface area (TPSA) is 69.4 Å². The van der Waals surface area contributed by atoms with Gasteiger partial charge in [0.25, 0.3) is 0 Å². The fourth-order valence-corrected chi connectivity index (χ4v) is 2.38. The summed E-state index contributed by atoms with van der Waals surface area (Å²) in [6, 6.07) is 1.81. The van der Waals surface area contributed by atoms with Crippen LogP contribution in [-0.4, -0.2) is 8.42 Å². The minimum Gasteiger partial charge on any atom is -0.358 e. The molecule has 1 aromatic carbocycles. The first-order chi connectivity index (χ1) is 7.80.